The minimum atomic E-state index is -0.270. The Labute approximate surface area is 194 Å². The lowest BCUT2D eigenvalue weighted by molar-refractivity contribution is -0.134. The van der Waals surface area contributed by atoms with Crippen molar-refractivity contribution in [1.82, 2.24) is 14.8 Å². The molecule has 0 saturated heterocycles. The number of rotatable bonds is 10. The number of pyridine rings is 1. The molecule has 3 aromatic rings. The topological polar surface area (TPSA) is 66.2 Å². The van der Waals surface area contributed by atoms with Crippen molar-refractivity contribution >= 4 is 17.6 Å². The molecule has 1 aromatic carbocycles. The van der Waals surface area contributed by atoms with Crippen molar-refractivity contribution in [3.63, 3.8) is 0 Å². The van der Waals surface area contributed by atoms with E-state index in [9.17, 15) is 4.79 Å². The van der Waals surface area contributed by atoms with Gasteiger partial charge < -0.3 is 9.47 Å². The molecule has 0 bridgehead atoms. The highest BCUT2D eigenvalue weighted by Crippen LogP contribution is 2.32. The van der Waals surface area contributed by atoms with Gasteiger partial charge in [-0.3, -0.25) is 4.79 Å². The van der Waals surface area contributed by atoms with Crippen molar-refractivity contribution in [2.75, 3.05) is 6.61 Å². The molecule has 3 rings (SSSR count). The third kappa shape index (κ3) is 5.88. The van der Waals surface area contributed by atoms with Crippen LogP contribution in [0.3, 0.4) is 0 Å². The van der Waals surface area contributed by atoms with Gasteiger partial charge in [-0.15, -0.1) is 0 Å². The van der Waals surface area contributed by atoms with Crippen LogP contribution < -0.4 is 9.47 Å². The fourth-order valence-corrected chi connectivity index (χ4v) is 3.55. The Morgan fingerprint density at radius 2 is 1.97 bits per heavy atom. The van der Waals surface area contributed by atoms with Crippen LogP contribution in [-0.2, 0) is 17.6 Å². The first-order valence-electron chi connectivity index (χ1n) is 11.1. The van der Waals surface area contributed by atoms with E-state index in [4.69, 9.17) is 26.2 Å². The number of nitrogens with zero attached hydrogens (tertiary/aromatic N) is 3. The van der Waals surface area contributed by atoms with Crippen molar-refractivity contribution in [2.45, 2.75) is 59.3 Å². The average molecular weight is 456 g/mol. The summed E-state index contributed by atoms with van der Waals surface area (Å²) in [5, 5.41) is 5.34. The summed E-state index contributed by atoms with van der Waals surface area (Å²) in [7, 11) is 0. The van der Waals surface area contributed by atoms with Gasteiger partial charge in [0.25, 0.3) is 0 Å². The van der Waals surface area contributed by atoms with E-state index in [-0.39, 0.29) is 5.97 Å². The number of esters is 1. The third-order valence-electron chi connectivity index (χ3n) is 5.11. The second kappa shape index (κ2) is 11.1. The van der Waals surface area contributed by atoms with E-state index in [0.717, 1.165) is 36.3 Å². The molecule has 0 amide bonds. The van der Waals surface area contributed by atoms with Gasteiger partial charge in [0.15, 0.2) is 17.3 Å². The quantitative estimate of drug-likeness (QED) is 0.215. The first-order valence-corrected chi connectivity index (χ1v) is 11.5. The summed E-state index contributed by atoms with van der Waals surface area (Å²) in [6.07, 6.45) is 6.39. The van der Waals surface area contributed by atoms with Gasteiger partial charge in [0.2, 0.25) is 0 Å². The van der Waals surface area contributed by atoms with E-state index >= 15 is 0 Å². The van der Waals surface area contributed by atoms with Crippen LogP contribution in [0.2, 0.25) is 5.02 Å². The van der Waals surface area contributed by atoms with Crippen molar-refractivity contribution in [2.24, 2.45) is 0 Å². The van der Waals surface area contributed by atoms with E-state index in [1.165, 1.54) is 5.56 Å². The smallest absolute Gasteiger partial charge is 0.311 e. The fraction of sp³-hybridized carbons (Fsp3) is 0.400. The first kappa shape index (κ1) is 23.8. The summed E-state index contributed by atoms with van der Waals surface area (Å²) < 4.78 is 13.4. The largest absolute Gasteiger partial charge is 0.489 e. The molecule has 0 aliphatic carbocycles. The molecule has 6 nitrogen and oxygen atoms in total. The lowest BCUT2D eigenvalue weighted by atomic mass is 10.0. The molecule has 0 aliphatic rings. The zero-order valence-corrected chi connectivity index (χ0v) is 19.9. The van der Waals surface area contributed by atoms with Crippen molar-refractivity contribution < 1.29 is 14.3 Å². The normalized spacial score (nSPS) is 11.1. The predicted molar refractivity (Wildman–Crippen MR) is 126 cm³/mol. The van der Waals surface area contributed by atoms with Crippen LogP contribution in [0.1, 0.15) is 63.3 Å². The molecular weight excluding hydrogens is 426 g/mol. The highest BCUT2D eigenvalue weighted by Gasteiger charge is 2.16. The van der Waals surface area contributed by atoms with E-state index < -0.39 is 0 Å². The predicted octanol–water partition coefficient (Wildman–Crippen LogP) is 5.93. The van der Waals surface area contributed by atoms with Gasteiger partial charge in [0.1, 0.15) is 0 Å². The Kier molecular flexibility index (Phi) is 8.28. The lowest BCUT2D eigenvalue weighted by Gasteiger charge is -2.15. The Morgan fingerprint density at radius 1 is 1.16 bits per heavy atom. The molecular formula is C25H30ClN3O3. The Hall–Kier alpha value is -2.86. The van der Waals surface area contributed by atoms with E-state index in [2.05, 4.69) is 25.8 Å². The fourth-order valence-electron chi connectivity index (χ4n) is 3.44. The number of hydrogen-bond donors (Lipinski definition) is 0. The highest BCUT2D eigenvalue weighted by atomic mass is 35.5. The number of ether oxygens (including phenoxy) is 2. The zero-order valence-electron chi connectivity index (χ0n) is 19.1. The molecule has 170 valence electrons. The molecule has 0 aliphatic heterocycles. The molecule has 2 aromatic heterocycles. The van der Waals surface area contributed by atoms with Crippen LogP contribution >= 0.6 is 11.6 Å². The van der Waals surface area contributed by atoms with Crippen molar-refractivity contribution in [3.8, 4) is 17.3 Å². The lowest BCUT2D eigenvalue weighted by Crippen LogP contribution is -2.09. The van der Waals surface area contributed by atoms with Crippen LogP contribution in [0.25, 0.3) is 5.82 Å². The Balaban J connectivity index is 1.69. The molecule has 0 spiro atoms. The standard InChI is InChI=1S/C25H30ClN3O3/c1-5-18-9-7-11-21(32-23(30)6-2)25(18)31-14-8-10-19-16-29(28-24(19)17(3)4)22-13-12-20(26)15-27-22/h7,9,11-13,15-17H,5-6,8,10,14H2,1-4H3. The number of para-hydroxylation sites is 1. The van der Waals surface area contributed by atoms with Crippen LogP contribution in [0, 0.1) is 0 Å². The summed E-state index contributed by atoms with van der Waals surface area (Å²) in [5.74, 6) is 1.90. The monoisotopic (exact) mass is 455 g/mol. The summed E-state index contributed by atoms with van der Waals surface area (Å²) in [6, 6.07) is 9.33. The third-order valence-corrected chi connectivity index (χ3v) is 5.33. The van der Waals surface area contributed by atoms with Gasteiger partial charge in [-0.1, -0.05) is 51.4 Å². The number of hydrogen-bond acceptors (Lipinski definition) is 5. The zero-order chi connectivity index (χ0) is 23.1. The van der Waals surface area contributed by atoms with Gasteiger partial charge in [0.05, 0.1) is 17.3 Å². The van der Waals surface area contributed by atoms with Crippen LogP contribution in [-0.4, -0.2) is 27.3 Å². The minimum absolute atomic E-state index is 0.270. The summed E-state index contributed by atoms with van der Waals surface area (Å²) in [6.45, 7) is 8.61. The number of aromatic nitrogens is 3. The Morgan fingerprint density at radius 3 is 2.62 bits per heavy atom. The van der Waals surface area contributed by atoms with Crippen LogP contribution in [0.15, 0.2) is 42.7 Å². The van der Waals surface area contributed by atoms with Gasteiger partial charge in [0, 0.05) is 18.8 Å². The number of carbonyl (C=O) groups is 1. The summed E-state index contributed by atoms with van der Waals surface area (Å²) >= 11 is 5.96. The maximum atomic E-state index is 11.8. The molecule has 2 heterocycles. The maximum absolute atomic E-state index is 11.8. The van der Waals surface area contributed by atoms with E-state index in [1.807, 2.05) is 30.5 Å². The maximum Gasteiger partial charge on any atom is 0.311 e. The average Bonchev–Trinajstić information content (AvgIpc) is 3.22. The van der Waals surface area contributed by atoms with E-state index in [1.54, 1.807) is 23.9 Å². The van der Waals surface area contributed by atoms with Crippen molar-refractivity contribution in [3.05, 3.63) is 64.6 Å². The highest BCUT2D eigenvalue weighted by molar-refractivity contribution is 6.30. The molecule has 0 unspecified atom stereocenters. The SMILES string of the molecule is CCC(=O)Oc1cccc(CC)c1OCCCc1cn(-c2ccc(Cl)cn2)nc1C(C)C. The summed E-state index contributed by atoms with van der Waals surface area (Å²) in [5.41, 5.74) is 3.24. The Bertz CT molecular complexity index is 1050. The second-order valence-corrected chi connectivity index (χ2v) is 8.29. The molecule has 0 saturated carbocycles. The number of aryl methyl sites for hydroxylation is 2. The molecule has 0 radical (unpaired) electrons. The van der Waals surface area contributed by atoms with Crippen LogP contribution in [0.5, 0.6) is 11.5 Å². The van der Waals surface area contributed by atoms with Gasteiger partial charge in [-0.25, -0.2) is 9.67 Å². The molecule has 0 atom stereocenters. The van der Waals surface area contributed by atoms with Crippen molar-refractivity contribution in [1.29, 1.82) is 0 Å². The number of carbonyl (C=O) groups excluding carboxylic acids is 1. The summed E-state index contributed by atoms with van der Waals surface area (Å²) in [4.78, 5) is 16.1. The number of halogens is 1. The second-order valence-electron chi connectivity index (χ2n) is 7.85. The van der Waals surface area contributed by atoms with Crippen LogP contribution in [0.4, 0.5) is 0 Å². The first-order chi connectivity index (χ1) is 15.4. The van der Waals surface area contributed by atoms with E-state index in [0.29, 0.717) is 35.5 Å². The molecule has 0 fully saturated rings. The molecule has 7 heteroatoms. The van der Waals surface area contributed by atoms with Gasteiger partial charge in [-0.05, 0) is 54.5 Å². The molecule has 0 N–H and O–H groups in total. The van der Waals surface area contributed by atoms with Gasteiger partial charge in [-0.2, -0.15) is 5.10 Å². The molecule has 32 heavy (non-hydrogen) atoms. The minimum Gasteiger partial charge on any atom is -0.489 e. The number of benzene rings is 1. The van der Waals surface area contributed by atoms with Gasteiger partial charge >= 0.3 is 5.97 Å².